The summed E-state index contributed by atoms with van der Waals surface area (Å²) in [7, 11) is 1.67. The van der Waals surface area contributed by atoms with Crippen LogP contribution in [0, 0.1) is 0 Å². The van der Waals surface area contributed by atoms with Gasteiger partial charge in [-0.25, -0.2) is 0 Å². The molecule has 1 fully saturated rings. The maximum atomic E-state index is 5.79. The van der Waals surface area contributed by atoms with Crippen molar-refractivity contribution in [3.8, 4) is 11.5 Å². The van der Waals surface area contributed by atoms with Crippen molar-refractivity contribution >= 4 is 0 Å². The zero-order valence-corrected chi connectivity index (χ0v) is 15.0. The Morgan fingerprint density at radius 3 is 2.54 bits per heavy atom. The maximum Gasteiger partial charge on any atom is 0.161 e. The van der Waals surface area contributed by atoms with Gasteiger partial charge in [0.15, 0.2) is 11.5 Å². The Morgan fingerprint density at radius 2 is 1.83 bits per heavy atom. The number of hydrogen-bond acceptors (Lipinski definition) is 3. The Labute approximate surface area is 146 Å². The van der Waals surface area contributed by atoms with Gasteiger partial charge in [0.1, 0.15) is 13.2 Å². The van der Waals surface area contributed by atoms with Gasteiger partial charge in [0, 0.05) is 0 Å². The van der Waals surface area contributed by atoms with Crippen LogP contribution in [0.3, 0.4) is 0 Å². The molecule has 0 radical (unpaired) electrons. The molecule has 1 heterocycles. The van der Waals surface area contributed by atoms with Crippen molar-refractivity contribution in [3.05, 3.63) is 36.4 Å². The molecule has 1 aromatic rings. The number of rotatable bonds is 10. The summed E-state index contributed by atoms with van der Waals surface area (Å²) < 4.78 is 16.9. The van der Waals surface area contributed by atoms with Gasteiger partial charge in [-0.15, -0.1) is 6.58 Å². The first-order valence-electron chi connectivity index (χ1n) is 9.15. The molecule has 2 rings (SSSR count). The number of benzene rings is 1. The number of quaternary nitrogens is 1. The Hall–Kier alpha value is -1.52. The molecule has 134 valence electrons. The van der Waals surface area contributed by atoms with E-state index < -0.39 is 0 Å². The monoisotopic (exact) mass is 334 g/mol. The first-order valence-corrected chi connectivity index (χ1v) is 9.15. The fourth-order valence-corrected chi connectivity index (χ4v) is 3.13. The predicted octanol–water partition coefficient (Wildman–Crippen LogP) is 2.28. The summed E-state index contributed by atoms with van der Waals surface area (Å²) >= 11 is 0. The lowest BCUT2D eigenvalue weighted by Gasteiger charge is -2.17. The van der Waals surface area contributed by atoms with Gasteiger partial charge in [-0.3, -0.25) is 0 Å². The SMILES string of the molecule is C=CCc1ccc(OCCOCC[NH+]2CCCCCC2)c(OC)c1. The molecule has 0 spiro atoms. The van der Waals surface area contributed by atoms with Crippen LogP contribution in [0.1, 0.15) is 31.2 Å². The summed E-state index contributed by atoms with van der Waals surface area (Å²) in [5, 5.41) is 0. The van der Waals surface area contributed by atoms with Crippen molar-refractivity contribution in [3.63, 3.8) is 0 Å². The third-order valence-corrected chi connectivity index (χ3v) is 4.50. The van der Waals surface area contributed by atoms with Crippen LogP contribution < -0.4 is 14.4 Å². The molecule has 1 aromatic carbocycles. The maximum absolute atomic E-state index is 5.79. The van der Waals surface area contributed by atoms with E-state index >= 15 is 0 Å². The highest BCUT2D eigenvalue weighted by molar-refractivity contribution is 5.43. The average molecular weight is 334 g/mol. The van der Waals surface area contributed by atoms with Gasteiger partial charge in [0.2, 0.25) is 0 Å². The van der Waals surface area contributed by atoms with Gasteiger partial charge in [-0.2, -0.15) is 0 Å². The summed E-state index contributed by atoms with van der Waals surface area (Å²) in [5.41, 5.74) is 1.17. The second-order valence-electron chi connectivity index (χ2n) is 6.35. The lowest BCUT2D eigenvalue weighted by atomic mass is 10.1. The Morgan fingerprint density at radius 1 is 1.04 bits per heavy atom. The second-order valence-corrected chi connectivity index (χ2v) is 6.35. The smallest absolute Gasteiger partial charge is 0.161 e. The highest BCUT2D eigenvalue weighted by atomic mass is 16.5. The minimum Gasteiger partial charge on any atom is -0.493 e. The molecule has 0 atom stereocenters. The van der Waals surface area contributed by atoms with E-state index in [1.807, 2.05) is 24.3 Å². The van der Waals surface area contributed by atoms with Gasteiger partial charge in [0.25, 0.3) is 0 Å². The number of methoxy groups -OCH3 is 1. The zero-order chi connectivity index (χ0) is 17.0. The lowest BCUT2D eigenvalue weighted by molar-refractivity contribution is -0.899. The van der Waals surface area contributed by atoms with Gasteiger partial charge >= 0.3 is 0 Å². The van der Waals surface area contributed by atoms with E-state index in [2.05, 4.69) is 6.58 Å². The van der Waals surface area contributed by atoms with Gasteiger partial charge < -0.3 is 19.1 Å². The molecule has 0 aromatic heterocycles. The van der Waals surface area contributed by atoms with Gasteiger partial charge in [0.05, 0.1) is 33.4 Å². The Balaban J connectivity index is 1.63. The third-order valence-electron chi connectivity index (χ3n) is 4.50. The molecule has 4 heteroatoms. The molecular formula is C20H32NO3+. The van der Waals surface area contributed by atoms with E-state index in [1.165, 1.54) is 44.3 Å². The molecule has 0 amide bonds. The van der Waals surface area contributed by atoms with Crippen LogP contribution in [-0.4, -0.2) is 46.6 Å². The molecule has 0 bridgehead atoms. The highest BCUT2D eigenvalue weighted by Crippen LogP contribution is 2.28. The minimum atomic E-state index is 0.548. The van der Waals surface area contributed by atoms with E-state index in [1.54, 1.807) is 12.0 Å². The molecule has 1 saturated heterocycles. The summed E-state index contributed by atoms with van der Waals surface area (Å²) in [6.07, 6.45) is 8.23. The molecule has 1 aliphatic rings. The quantitative estimate of drug-likeness (QED) is 0.526. The summed E-state index contributed by atoms with van der Waals surface area (Å²) in [6.45, 7) is 9.45. The summed E-state index contributed by atoms with van der Waals surface area (Å²) in [6, 6.07) is 6.00. The van der Waals surface area contributed by atoms with E-state index in [-0.39, 0.29) is 0 Å². The first kappa shape index (κ1) is 18.8. The Kier molecular flexibility index (Phi) is 8.71. The molecule has 1 aliphatic heterocycles. The van der Waals surface area contributed by atoms with Crippen molar-refractivity contribution in [2.75, 3.05) is 46.6 Å². The predicted molar refractivity (Wildman–Crippen MR) is 97.2 cm³/mol. The van der Waals surface area contributed by atoms with E-state index in [4.69, 9.17) is 14.2 Å². The number of hydrogen-bond donors (Lipinski definition) is 1. The van der Waals surface area contributed by atoms with Crippen molar-refractivity contribution in [2.45, 2.75) is 32.1 Å². The number of ether oxygens (including phenoxy) is 3. The number of allylic oxidation sites excluding steroid dienone is 1. The second kappa shape index (κ2) is 11.1. The van der Waals surface area contributed by atoms with Crippen LogP contribution in [-0.2, 0) is 11.2 Å². The van der Waals surface area contributed by atoms with Crippen LogP contribution in [0.5, 0.6) is 11.5 Å². The fraction of sp³-hybridized carbons (Fsp3) is 0.600. The topological polar surface area (TPSA) is 32.1 Å². The number of likely N-dealkylation sites (tertiary alicyclic amines) is 1. The van der Waals surface area contributed by atoms with Gasteiger partial charge in [-0.1, -0.05) is 12.1 Å². The van der Waals surface area contributed by atoms with Crippen LogP contribution in [0.25, 0.3) is 0 Å². The van der Waals surface area contributed by atoms with Crippen molar-refractivity contribution in [1.29, 1.82) is 0 Å². The summed E-state index contributed by atoms with van der Waals surface area (Å²) in [5.74, 6) is 1.54. The zero-order valence-electron chi connectivity index (χ0n) is 15.0. The largest absolute Gasteiger partial charge is 0.493 e. The standard InChI is InChI=1S/C20H31NO3/c1-3-8-18-9-10-19(20(17-18)22-2)24-16-15-23-14-13-21-11-6-4-5-7-12-21/h3,9-10,17H,1,4-8,11-16H2,2H3/p+1. The molecule has 4 nitrogen and oxygen atoms in total. The fourth-order valence-electron chi connectivity index (χ4n) is 3.13. The normalized spacial score (nSPS) is 15.7. The minimum absolute atomic E-state index is 0.548. The molecule has 0 saturated carbocycles. The van der Waals surface area contributed by atoms with Gasteiger partial charge in [-0.05, 0) is 49.8 Å². The van der Waals surface area contributed by atoms with Crippen molar-refractivity contribution in [2.24, 2.45) is 0 Å². The molecule has 24 heavy (non-hydrogen) atoms. The third kappa shape index (κ3) is 6.54. The van der Waals surface area contributed by atoms with E-state index in [0.29, 0.717) is 13.2 Å². The van der Waals surface area contributed by atoms with E-state index in [0.717, 1.165) is 31.1 Å². The van der Waals surface area contributed by atoms with Crippen LogP contribution in [0.15, 0.2) is 30.9 Å². The number of nitrogens with one attached hydrogen (secondary N) is 1. The molecule has 0 unspecified atom stereocenters. The molecule has 0 aliphatic carbocycles. The van der Waals surface area contributed by atoms with Crippen LogP contribution >= 0.6 is 0 Å². The first-order chi connectivity index (χ1) is 11.8. The van der Waals surface area contributed by atoms with Crippen LogP contribution in [0.4, 0.5) is 0 Å². The molecular weight excluding hydrogens is 302 g/mol. The highest BCUT2D eigenvalue weighted by Gasteiger charge is 2.11. The van der Waals surface area contributed by atoms with Crippen LogP contribution in [0.2, 0.25) is 0 Å². The molecule has 1 N–H and O–H groups in total. The van der Waals surface area contributed by atoms with Crippen molar-refractivity contribution in [1.82, 2.24) is 0 Å². The summed E-state index contributed by atoms with van der Waals surface area (Å²) in [4.78, 5) is 1.69. The average Bonchev–Trinajstić information content (AvgIpc) is 2.88. The van der Waals surface area contributed by atoms with Crippen molar-refractivity contribution < 1.29 is 19.1 Å². The Bertz CT molecular complexity index is 482. The van der Waals surface area contributed by atoms with E-state index in [9.17, 15) is 0 Å². The lowest BCUT2D eigenvalue weighted by Crippen LogP contribution is -3.12.